The number of nitrogens with zero attached hydrogens (tertiary/aromatic N) is 3. The second-order valence-electron chi connectivity index (χ2n) is 7.07. The molecule has 0 saturated carbocycles. The van der Waals surface area contributed by atoms with Gasteiger partial charge in [0.15, 0.2) is 4.80 Å². The van der Waals surface area contributed by atoms with Crippen LogP contribution in [0.2, 0.25) is 0 Å². The predicted molar refractivity (Wildman–Crippen MR) is 123 cm³/mol. The van der Waals surface area contributed by atoms with E-state index in [2.05, 4.69) is 4.99 Å². The Balaban J connectivity index is 1.88. The summed E-state index contributed by atoms with van der Waals surface area (Å²) in [5, 5.41) is 0. The Hall–Kier alpha value is -2.49. The van der Waals surface area contributed by atoms with Crippen molar-refractivity contribution in [3.63, 3.8) is 0 Å². The Morgan fingerprint density at radius 3 is 2.48 bits per heavy atom. The molecule has 0 aliphatic rings. The van der Waals surface area contributed by atoms with E-state index in [1.807, 2.05) is 43.7 Å². The van der Waals surface area contributed by atoms with Crippen LogP contribution in [-0.4, -0.2) is 43.4 Å². The number of aryl methyl sites for hydroxylation is 1. The number of thiazole rings is 1. The fourth-order valence-electron chi connectivity index (χ4n) is 3.20. The van der Waals surface area contributed by atoms with E-state index in [1.165, 1.54) is 39.9 Å². The smallest absolute Gasteiger partial charge is 0.279 e. The third-order valence-corrected chi connectivity index (χ3v) is 8.15. The molecule has 0 aliphatic carbocycles. The van der Waals surface area contributed by atoms with Gasteiger partial charge < -0.3 is 9.30 Å². The van der Waals surface area contributed by atoms with Crippen LogP contribution >= 0.6 is 11.3 Å². The third kappa shape index (κ3) is 4.89. The Kier molecular flexibility index (Phi) is 7.30. The Labute approximate surface area is 186 Å². The van der Waals surface area contributed by atoms with E-state index in [1.54, 1.807) is 7.11 Å². The van der Waals surface area contributed by atoms with Gasteiger partial charge in [-0.2, -0.15) is 9.30 Å². The number of hydrogen-bond acceptors (Lipinski definition) is 5. The number of fused-ring (bicyclic) bond motifs is 1. The van der Waals surface area contributed by atoms with E-state index < -0.39 is 15.9 Å². The minimum Gasteiger partial charge on any atom is -0.497 e. The summed E-state index contributed by atoms with van der Waals surface area (Å²) in [4.78, 5) is 17.7. The lowest BCUT2D eigenvalue weighted by atomic mass is 10.2. The molecular weight excluding hydrogens is 434 g/mol. The fraction of sp³-hybridized carbons (Fsp3) is 0.364. The van der Waals surface area contributed by atoms with Gasteiger partial charge in [-0.3, -0.25) is 4.79 Å². The van der Waals surface area contributed by atoms with Crippen LogP contribution in [0.15, 0.2) is 52.4 Å². The van der Waals surface area contributed by atoms with Crippen LogP contribution in [0.25, 0.3) is 10.2 Å². The van der Waals surface area contributed by atoms with Gasteiger partial charge in [0.05, 0.1) is 22.2 Å². The summed E-state index contributed by atoms with van der Waals surface area (Å²) in [6.07, 6.45) is 1.73. The molecule has 0 saturated heterocycles. The zero-order valence-corrected chi connectivity index (χ0v) is 19.8. The molecule has 0 aliphatic heterocycles. The number of ether oxygens (including phenoxy) is 1. The van der Waals surface area contributed by atoms with E-state index in [4.69, 9.17) is 4.74 Å². The molecule has 3 aromatic rings. The number of aromatic nitrogens is 1. The van der Waals surface area contributed by atoms with Crippen molar-refractivity contribution in [3.8, 4) is 5.75 Å². The first-order valence-electron chi connectivity index (χ1n) is 10.1. The Morgan fingerprint density at radius 2 is 1.87 bits per heavy atom. The third-order valence-electron chi connectivity index (χ3n) is 5.07. The molecule has 31 heavy (non-hydrogen) atoms. The van der Waals surface area contributed by atoms with Crippen molar-refractivity contribution in [2.45, 2.75) is 31.6 Å². The molecule has 0 atom stereocenters. The van der Waals surface area contributed by atoms with E-state index in [0.717, 1.165) is 28.8 Å². The van der Waals surface area contributed by atoms with Crippen molar-refractivity contribution in [3.05, 3.63) is 52.8 Å². The van der Waals surface area contributed by atoms with E-state index in [-0.39, 0.29) is 4.90 Å². The average molecular weight is 462 g/mol. The highest BCUT2D eigenvalue weighted by Gasteiger charge is 2.22. The van der Waals surface area contributed by atoms with Crippen molar-refractivity contribution >= 4 is 37.5 Å². The maximum Gasteiger partial charge on any atom is 0.279 e. The molecule has 0 fully saturated rings. The summed E-state index contributed by atoms with van der Waals surface area (Å²) >= 11 is 1.39. The zero-order valence-electron chi connectivity index (χ0n) is 18.2. The van der Waals surface area contributed by atoms with Gasteiger partial charge in [-0.05, 0) is 48.9 Å². The number of hydrogen-bond donors (Lipinski definition) is 0. The van der Waals surface area contributed by atoms with Crippen molar-refractivity contribution in [1.29, 1.82) is 0 Å². The van der Waals surface area contributed by atoms with Gasteiger partial charge in [0.25, 0.3) is 5.91 Å². The maximum absolute atomic E-state index is 12.8. The lowest BCUT2D eigenvalue weighted by molar-refractivity contribution is 0.0998. The van der Waals surface area contributed by atoms with Crippen LogP contribution < -0.4 is 9.54 Å². The quantitative estimate of drug-likeness (QED) is 0.511. The van der Waals surface area contributed by atoms with Crippen molar-refractivity contribution in [2.24, 2.45) is 12.0 Å². The van der Waals surface area contributed by atoms with Crippen molar-refractivity contribution in [2.75, 3.05) is 20.2 Å². The molecule has 3 rings (SSSR count). The SMILES string of the molecule is CCCCN(CC)S(=O)(=O)c1ccc(C(=O)N=c2sc3cc(OC)ccc3n2C)cc1. The van der Waals surface area contributed by atoms with Crippen molar-refractivity contribution in [1.82, 2.24) is 8.87 Å². The molecule has 1 aromatic heterocycles. The molecule has 166 valence electrons. The van der Waals surface area contributed by atoms with Gasteiger partial charge in [-0.25, -0.2) is 8.42 Å². The van der Waals surface area contributed by atoms with Gasteiger partial charge in [-0.15, -0.1) is 0 Å². The Bertz CT molecular complexity index is 1240. The number of carbonyl (C=O) groups is 1. The molecule has 1 heterocycles. The first-order valence-corrected chi connectivity index (χ1v) is 12.4. The first kappa shape index (κ1) is 23.2. The molecule has 0 bridgehead atoms. The van der Waals surface area contributed by atoms with Crippen LogP contribution in [-0.2, 0) is 17.1 Å². The highest BCUT2D eigenvalue weighted by Crippen LogP contribution is 2.22. The number of methoxy groups -OCH3 is 1. The summed E-state index contributed by atoms with van der Waals surface area (Å²) in [7, 11) is -0.120. The lowest BCUT2D eigenvalue weighted by Crippen LogP contribution is -2.31. The molecule has 0 N–H and O–H groups in total. The second kappa shape index (κ2) is 9.76. The normalized spacial score (nSPS) is 12.6. The Morgan fingerprint density at radius 1 is 1.16 bits per heavy atom. The highest BCUT2D eigenvalue weighted by atomic mass is 32.2. The largest absolute Gasteiger partial charge is 0.497 e. The monoisotopic (exact) mass is 461 g/mol. The van der Waals surface area contributed by atoms with Crippen LogP contribution in [0.5, 0.6) is 5.75 Å². The second-order valence-corrected chi connectivity index (χ2v) is 10.0. The van der Waals surface area contributed by atoms with E-state index in [0.29, 0.717) is 23.5 Å². The predicted octanol–water partition coefficient (Wildman–Crippen LogP) is 3.80. The molecule has 2 aromatic carbocycles. The van der Waals surface area contributed by atoms with Gasteiger partial charge in [-0.1, -0.05) is 31.6 Å². The molecule has 9 heteroatoms. The molecular formula is C22H27N3O4S2. The molecule has 7 nitrogen and oxygen atoms in total. The lowest BCUT2D eigenvalue weighted by Gasteiger charge is -2.20. The van der Waals surface area contributed by atoms with E-state index in [9.17, 15) is 13.2 Å². The maximum atomic E-state index is 12.8. The van der Waals surface area contributed by atoms with E-state index >= 15 is 0 Å². The number of amides is 1. The minimum absolute atomic E-state index is 0.182. The van der Waals surface area contributed by atoms with Gasteiger partial charge in [0.2, 0.25) is 10.0 Å². The summed E-state index contributed by atoms with van der Waals surface area (Å²) in [6.45, 7) is 4.74. The summed E-state index contributed by atoms with van der Waals surface area (Å²) in [5.74, 6) is 0.320. The fourth-order valence-corrected chi connectivity index (χ4v) is 5.73. The first-order chi connectivity index (χ1) is 14.8. The molecule has 0 unspecified atom stereocenters. The topological polar surface area (TPSA) is 81.0 Å². The standard InChI is InChI=1S/C22H27N3O4S2/c1-5-7-14-25(6-2)31(27,28)18-11-8-16(9-12-18)21(26)23-22-24(3)19-13-10-17(29-4)15-20(19)30-22/h8-13,15H,5-7,14H2,1-4H3. The van der Waals surface area contributed by atoms with Gasteiger partial charge >= 0.3 is 0 Å². The van der Waals surface area contributed by atoms with Crippen LogP contribution in [0.1, 0.15) is 37.0 Å². The number of benzene rings is 2. The molecule has 0 spiro atoms. The molecule has 0 radical (unpaired) electrons. The minimum atomic E-state index is -3.58. The van der Waals surface area contributed by atoms with Crippen LogP contribution in [0, 0.1) is 0 Å². The average Bonchev–Trinajstić information content (AvgIpc) is 3.08. The van der Waals surface area contributed by atoms with Crippen LogP contribution in [0.3, 0.4) is 0 Å². The van der Waals surface area contributed by atoms with Gasteiger partial charge in [0.1, 0.15) is 5.75 Å². The number of sulfonamides is 1. The number of carbonyl (C=O) groups excluding carboxylic acids is 1. The summed E-state index contributed by atoms with van der Waals surface area (Å²) in [6, 6.07) is 11.7. The van der Waals surface area contributed by atoms with Crippen molar-refractivity contribution < 1.29 is 17.9 Å². The van der Waals surface area contributed by atoms with Gasteiger partial charge in [0, 0.05) is 25.7 Å². The number of unbranched alkanes of at least 4 members (excludes halogenated alkanes) is 1. The molecule has 1 amide bonds. The van der Waals surface area contributed by atoms with Crippen LogP contribution in [0.4, 0.5) is 0 Å². The highest BCUT2D eigenvalue weighted by molar-refractivity contribution is 7.89. The number of rotatable bonds is 8. The zero-order chi connectivity index (χ0) is 22.6. The summed E-state index contributed by atoms with van der Waals surface area (Å²) in [5.41, 5.74) is 1.29. The summed E-state index contributed by atoms with van der Waals surface area (Å²) < 4.78 is 35.2.